The van der Waals surface area contributed by atoms with E-state index < -0.39 is 17.6 Å². The van der Waals surface area contributed by atoms with Crippen molar-refractivity contribution in [2.24, 2.45) is 0 Å². The number of halogens is 1. The van der Waals surface area contributed by atoms with E-state index in [1.807, 2.05) is 73.0 Å². The molecule has 0 radical (unpaired) electrons. The molecule has 0 unspecified atom stereocenters. The Morgan fingerprint density at radius 2 is 1.35 bits per heavy atom. The predicted octanol–water partition coefficient (Wildman–Crippen LogP) is 6.07. The number of nitrogens with zero attached hydrogens (tertiary/aromatic N) is 2. The minimum atomic E-state index is -0.842. The SMILES string of the molecule is CC1(C)O[C@@H]2[C@H](O1)[C@@H](COC(c1ccccc1)(c1ccccc1)c1ccccc1)O[C@@H]2n1cncc1Br. The van der Waals surface area contributed by atoms with Crippen LogP contribution in [0.2, 0.25) is 0 Å². The van der Waals surface area contributed by atoms with Crippen LogP contribution in [0, 0.1) is 0 Å². The van der Waals surface area contributed by atoms with Crippen LogP contribution in [0.3, 0.4) is 0 Å². The highest BCUT2D eigenvalue weighted by Gasteiger charge is 2.56. The van der Waals surface area contributed by atoms with Gasteiger partial charge in [-0.2, -0.15) is 0 Å². The molecule has 7 heteroatoms. The zero-order chi connectivity index (χ0) is 25.5. The molecule has 0 saturated carbocycles. The summed E-state index contributed by atoms with van der Waals surface area (Å²) in [6.45, 7) is 4.17. The minimum Gasteiger partial charge on any atom is -0.358 e. The normalized spacial score (nSPS) is 24.7. The predicted molar refractivity (Wildman–Crippen MR) is 143 cm³/mol. The van der Waals surface area contributed by atoms with E-state index in [1.54, 1.807) is 12.5 Å². The molecule has 0 N–H and O–H groups in total. The molecule has 37 heavy (non-hydrogen) atoms. The average Bonchev–Trinajstić information content (AvgIpc) is 3.58. The van der Waals surface area contributed by atoms with Crippen molar-refractivity contribution >= 4 is 15.9 Å². The summed E-state index contributed by atoms with van der Waals surface area (Å²) in [7, 11) is 0. The third kappa shape index (κ3) is 4.45. The lowest BCUT2D eigenvalue weighted by atomic mass is 9.80. The first-order valence-corrected chi connectivity index (χ1v) is 13.3. The van der Waals surface area contributed by atoms with E-state index in [2.05, 4.69) is 57.3 Å². The van der Waals surface area contributed by atoms with E-state index in [4.69, 9.17) is 18.9 Å². The highest BCUT2D eigenvalue weighted by molar-refractivity contribution is 9.10. The lowest BCUT2D eigenvalue weighted by Crippen LogP contribution is -2.39. The van der Waals surface area contributed by atoms with Crippen molar-refractivity contribution in [3.05, 3.63) is 125 Å². The first-order chi connectivity index (χ1) is 18.0. The van der Waals surface area contributed by atoms with Gasteiger partial charge in [-0.25, -0.2) is 4.98 Å². The summed E-state index contributed by atoms with van der Waals surface area (Å²) in [5.41, 5.74) is 2.28. The van der Waals surface area contributed by atoms with Crippen LogP contribution in [-0.2, 0) is 24.5 Å². The molecule has 2 aliphatic rings. The fourth-order valence-corrected chi connectivity index (χ4v) is 5.88. The Balaban J connectivity index is 1.40. The molecule has 2 saturated heterocycles. The molecule has 190 valence electrons. The van der Waals surface area contributed by atoms with Crippen molar-refractivity contribution in [2.75, 3.05) is 6.61 Å². The van der Waals surface area contributed by atoms with Gasteiger partial charge in [0.25, 0.3) is 0 Å². The first kappa shape index (κ1) is 24.5. The molecule has 0 spiro atoms. The first-order valence-electron chi connectivity index (χ1n) is 12.5. The van der Waals surface area contributed by atoms with E-state index in [9.17, 15) is 0 Å². The molecule has 0 amide bonds. The number of fused-ring (bicyclic) bond motifs is 1. The van der Waals surface area contributed by atoms with Crippen LogP contribution in [-0.4, -0.2) is 40.3 Å². The largest absolute Gasteiger partial charge is 0.358 e. The second-order valence-corrected chi connectivity index (χ2v) is 10.7. The monoisotopic (exact) mass is 560 g/mol. The van der Waals surface area contributed by atoms with Gasteiger partial charge in [0.1, 0.15) is 28.5 Å². The number of rotatable bonds is 7. The summed E-state index contributed by atoms with van der Waals surface area (Å²) in [4.78, 5) is 4.25. The Labute approximate surface area is 225 Å². The quantitative estimate of drug-likeness (QED) is 0.257. The molecule has 6 rings (SSSR count). The Morgan fingerprint density at radius 3 is 1.84 bits per heavy atom. The second kappa shape index (κ2) is 9.82. The highest BCUT2D eigenvalue weighted by Crippen LogP contribution is 2.46. The van der Waals surface area contributed by atoms with E-state index in [1.165, 1.54) is 0 Å². The molecule has 1 aromatic heterocycles. The van der Waals surface area contributed by atoms with E-state index in [0.29, 0.717) is 6.61 Å². The number of aromatic nitrogens is 2. The summed E-state index contributed by atoms with van der Waals surface area (Å²) < 4.78 is 29.0. The number of ether oxygens (including phenoxy) is 4. The molecule has 3 heterocycles. The maximum atomic E-state index is 7.05. The lowest BCUT2D eigenvalue weighted by molar-refractivity contribution is -0.205. The summed E-state index contributed by atoms with van der Waals surface area (Å²) in [6.07, 6.45) is 2.14. The topological polar surface area (TPSA) is 54.7 Å². The molecular formula is C30H29BrN2O4. The number of imidazole rings is 1. The van der Waals surface area contributed by atoms with Gasteiger partial charge in [-0.1, -0.05) is 91.0 Å². The zero-order valence-corrected chi connectivity index (χ0v) is 22.3. The maximum Gasteiger partial charge on any atom is 0.165 e. The maximum absolute atomic E-state index is 7.05. The minimum absolute atomic E-state index is 0.294. The van der Waals surface area contributed by atoms with Crippen LogP contribution in [0.25, 0.3) is 0 Å². The number of benzene rings is 3. The number of hydrogen-bond donors (Lipinski definition) is 0. The van der Waals surface area contributed by atoms with Crippen LogP contribution in [0.1, 0.15) is 36.8 Å². The molecule has 4 atom stereocenters. The Hall–Kier alpha value is -2.81. The van der Waals surface area contributed by atoms with Crippen molar-refractivity contribution in [2.45, 2.75) is 49.8 Å². The fraction of sp³-hybridized carbons (Fsp3) is 0.300. The summed E-state index contributed by atoms with van der Waals surface area (Å²) in [6, 6.07) is 31.0. The van der Waals surface area contributed by atoms with Gasteiger partial charge in [0, 0.05) is 0 Å². The van der Waals surface area contributed by atoms with Crippen LogP contribution in [0.15, 0.2) is 108 Å². The third-order valence-corrected chi connectivity index (χ3v) is 7.64. The lowest BCUT2D eigenvalue weighted by Gasteiger charge is -2.37. The van der Waals surface area contributed by atoms with Gasteiger partial charge in [-0.15, -0.1) is 0 Å². The van der Waals surface area contributed by atoms with Crippen LogP contribution >= 0.6 is 15.9 Å². The summed E-state index contributed by atoms with van der Waals surface area (Å²) in [5, 5.41) is 0. The van der Waals surface area contributed by atoms with E-state index in [-0.39, 0.29) is 18.3 Å². The van der Waals surface area contributed by atoms with Gasteiger partial charge < -0.3 is 18.9 Å². The molecule has 2 aliphatic heterocycles. The van der Waals surface area contributed by atoms with Gasteiger partial charge in [0.2, 0.25) is 0 Å². The van der Waals surface area contributed by atoms with Crippen molar-refractivity contribution in [3.63, 3.8) is 0 Å². The second-order valence-electron chi connectivity index (χ2n) is 9.84. The molecular weight excluding hydrogens is 532 g/mol. The van der Waals surface area contributed by atoms with Gasteiger partial charge in [-0.3, -0.25) is 4.57 Å². The van der Waals surface area contributed by atoms with Crippen LogP contribution in [0.5, 0.6) is 0 Å². The Bertz CT molecular complexity index is 1230. The van der Waals surface area contributed by atoms with Crippen LogP contribution < -0.4 is 0 Å². The van der Waals surface area contributed by atoms with Gasteiger partial charge in [0.15, 0.2) is 12.0 Å². The highest BCUT2D eigenvalue weighted by atomic mass is 79.9. The summed E-state index contributed by atoms with van der Waals surface area (Å²) >= 11 is 3.58. The summed E-state index contributed by atoms with van der Waals surface area (Å²) in [5.74, 6) is -0.724. The van der Waals surface area contributed by atoms with Crippen molar-refractivity contribution in [3.8, 4) is 0 Å². The fourth-order valence-electron chi connectivity index (χ4n) is 5.47. The molecule has 0 bridgehead atoms. The molecule has 0 aliphatic carbocycles. The van der Waals surface area contributed by atoms with Crippen molar-refractivity contribution < 1.29 is 18.9 Å². The number of hydrogen-bond acceptors (Lipinski definition) is 5. The molecule has 6 nitrogen and oxygen atoms in total. The van der Waals surface area contributed by atoms with Crippen molar-refractivity contribution in [1.29, 1.82) is 0 Å². The third-order valence-electron chi connectivity index (χ3n) is 7.02. The Kier molecular flexibility index (Phi) is 6.51. The molecule has 3 aromatic carbocycles. The average molecular weight is 561 g/mol. The smallest absolute Gasteiger partial charge is 0.165 e. The van der Waals surface area contributed by atoms with Gasteiger partial charge >= 0.3 is 0 Å². The van der Waals surface area contributed by atoms with Gasteiger partial charge in [0.05, 0.1) is 19.1 Å². The molecule has 2 fully saturated rings. The zero-order valence-electron chi connectivity index (χ0n) is 20.7. The van der Waals surface area contributed by atoms with Crippen molar-refractivity contribution in [1.82, 2.24) is 9.55 Å². The standard InChI is InChI=1S/C30H29BrN2O4/c1-29(2)36-26-24(35-28(27(26)37-29)33-20-32-18-25(33)31)19-34-30(21-12-6-3-7-13-21,22-14-8-4-9-15-22)23-16-10-5-11-17-23/h3-18,20,24,26-28H,19H2,1-2H3/t24-,26-,27-,28+/m1/s1. The Morgan fingerprint density at radius 1 is 0.838 bits per heavy atom. The molecule has 4 aromatic rings. The van der Waals surface area contributed by atoms with E-state index in [0.717, 1.165) is 21.3 Å². The van der Waals surface area contributed by atoms with E-state index >= 15 is 0 Å². The van der Waals surface area contributed by atoms with Gasteiger partial charge in [-0.05, 0) is 46.5 Å². The van der Waals surface area contributed by atoms with Crippen LogP contribution in [0.4, 0.5) is 0 Å².